The zero-order valence-electron chi connectivity index (χ0n) is 27.0. The molecule has 2 N–H and O–H groups in total. The monoisotopic (exact) mass is 645 g/mol. The van der Waals surface area contributed by atoms with Gasteiger partial charge in [-0.1, -0.05) is 140 Å². The highest BCUT2D eigenvalue weighted by Gasteiger charge is 2.30. The Kier molecular flexibility index (Phi) is 6.64. The van der Waals surface area contributed by atoms with E-state index in [9.17, 15) is 0 Å². The maximum atomic E-state index is 6.64. The number of fused-ring (bicyclic) bond motifs is 6. The minimum atomic E-state index is -0.298. The molecule has 10 rings (SSSR count). The molecule has 3 heterocycles. The molecule has 7 aromatic carbocycles. The molecule has 5 heteroatoms. The third kappa shape index (κ3) is 4.71. The first-order valence-corrected chi connectivity index (χ1v) is 16.9. The summed E-state index contributed by atoms with van der Waals surface area (Å²) in [5, 5.41) is 11.9. The van der Waals surface area contributed by atoms with Gasteiger partial charge in [-0.2, -0.15) is 0 Å². The third-order valence-electron chi connectivity index (χ3n) is 9.79. The molecule has 238 valence electrons. The zero-order chi connectivity index (χ0) is 33.0. The fourth-order valence-corrected chi connectivity index (χ4v) is 7.43. The van der Waals surface area contributed by atoms with Gasteiger partial charge in [-0.3, -0.25) is 5.32 Å². The summed E-state index contributed by atoms with van der Waals surface area (Å²) < 4.78 is 13.1. The molecule has 0 bridgehead atoms. The van der Waals surface area contributed by atoms with Crippen molar-refractivity contribution < 1.29 is 8.83 Å². The number of hydrogen-bond acceptors (Lipinski definition) is 5. The van der Waals surface area contributed by atoms with E-state index in [0.29, 0.717) is 0 Å². The van der Waals surface area contributed by atoms with Gasteiger partial charge in [-0.15, -0.1) is 0 Å². The number of nitrogens with one attached hydrogen (secondary N) is 2. The lowest BCUT2D eigenvalue weighted by Gasteiger charge is -2.32. The molecule has 50 heavy (non-hydrogen) atoms. The van der Waals surface area contributed by atoms with E-state index in [1.54, 1.807) is 0 Å². The molecular formula is C45H31N3O2. The first-order valence-electron chi connectivity index (χ1n) is 16.9. The van der Waals surface area contributed by atoms with Crippen LogP contribution in [0.1, 0.15) is 29.0 Å². The van der Waals surface area contributed by atoms with Crippen molar-refractivity contribution in [3.8, 4) is 22.3 Å². The van der Waals surface area contributed by atoms with E-state index in [0.717, 1.165) is 88.7 Å². The molecule has 0 amide bonds. The molecule has 2 aromatic heterocycles. The minimum Gasteiger partial charge on any atom is -0.456 e. The zero-order valence-corrected chi connectivity index (χ0v) is 27.0. The second-order valence-corrected chi connectivity index (χ2v) is 12.8. The number of benzene rings is 7. The Bertz CT molecular complexity index is 2710. The van der Waals surface area contributed by atoms with Gasteiger partial charge >= 0.3 is 0 Å². The quantitative estimate of drug-likeness (QED) is 0.195. The fourth-order valence-electron chi connectivity index (χ4n) is 7.43. The Morgan fingerprint density at radius 2 is 1.18 bits per heavy atom. The van der Waals surface area contributed by atoms with E-state index in [4.69, 9.17) is 13.8 Å². The van der Waals surface area contributed by atoms with Crippen LogP contribution in [-0.2, 0) is 0 Å². The van der Waals surface area contributed by atoms with Crippen LogP contribution in [0.4, 0.5) is 0 Å². The summed E-state index contributed by atoms with van der Waals surface area (Å²) >= 11 is 0. The molecule has 0 saturated carbocycles. The SMILES string of the molecule is c1ccc(-c2ccc3oc4cccc(C5=NC(c6ccccc6)NC(c6ccc(-c7ccccc7)c7oc8ccccc8c67)N5)c4c3c2)cc1. The molecule has 9 aromatic rings. The maximum absolute atomic E-state index is 6.64. The van der Waals surface area contributed by atoms with Crippen molar-refractivity contribution in [1.82, 2.24) is 10.6 Å². The van der Waals surface area contributed by atoms with Crippen LogP contribution in [-0.4, -0.2) is 5.84 Å². The van der Waals surface area contributed by atoms with Gasteiger partial charge < -0.3 is 14.2 Å². The lowest BCUT2D eigenvalue weighted by molar-refractivity contribution is 0.411. The Morgan fingerprint density at radius 1 is 0.480 bits per heavy atom. The summed E-state index contributed by atoms with van der Waals surface area (Å²) in [4.78, 5) is 5.34. The van der Waals surface area contributed by atoms with E-state index in [1.807, 2.05) is 42.5 Å². The van der Waals surface area contributed by atoms with Crippen LogP contribution in [0.15, 0.2) is 178 Å². The van der Waals surface area contributed by atoms with Gasteiger partial charge in [-0.05, 0) is 46.5 Å². The molecular weight excluding hydrogens is 615 g/mol. The first-order chi connectivity index (χ1) is 24.8. The van der Waals surface area contributed by atoms with E-state index in [-0.39, 0.29) is 12.3 Å². The van der Waals surface area contributed by atoms with Crippen LogP contribution in [0, 0.1) is 0 Å². The summed E-state index contributed by atoms with van der Waals surface area (Å²) in [7, 11) is 0. The van der Waals surface area contributed by atoms with Crippen LogP contribution in [0.3, 0.4) is 0 Å². The summed E-state index contributed by atoms with van der Waals surface area (Å²) in [6.07, 6.45) is -0.581. The van der Waals surface area contributed by atoms with E-state index < -0.39 is 0 Å². The maximum Gasteiger partial charge on any atom is 0.143 e. The van der Waals surface area contributed by atoms with Gasteiger partial charge in [0.05, 0.1) is 0 Å². The molecule has 2 atom stereocenters. The smallest absolute Gasteiger partial charge is 0.143 e. The van der Waals surface area contributed by atoms with Crippen molar-refractivity contribution in [3.05, 3.63) is 180 Å². The van der Waals surface area contributed by atoms with Crippen LogP contribution in [0.5, 0.6) is 0 Å². The highest BCUT2D eigenvalue weighted by molar-refractivity contribution is 6.19. The summed E-state index contributed by atoms with van der Waals surface area (Å²) in [5.41, 5.74) is 11.1. The number of amidine groups is 1. The molecule has 0 spiro atoms. The van der Waals surface area contributed by atoms with Gasteiger partial charge in [0.25, 0.3) is 0 Å². The Morgan fingerprint density at radius 3 is 2.00 bits per heavy atom. The number of aliphatic imine (C=N–C) groups is 1. The molecule has 0 fully saturated rings. The van der Waals surface area contributed by atoms with Crippen LogP contribution in [0.2, 0.25) is 0 Å². The molecule has 0 aliphatic carbocycles. The molecule has 2 unspecified atom stereocenters. The van der Waals surface area contributed by atoms with Crippen molar-refractivity contribution in [1.29, 1.82) is 0 Å². The summed E-state index contributed by atoms with van der Waals surface area (Å²) in [5.74, 6) is 0.800. The molecule has 1 aliphatic heterocycles. The number of rotatable bonds is 5. The Labute approximate surface area is 288 Å². The van der Waals surface area contributed by atoms with Crippen molar-refractivity contribution in [2.24, 2.45) is 4.99 Å². The van der Waals surface area contributed by atoms with Crippen molar-refractivity contribution >= 4 is 49.7 Å². The van der Waals surface area contributed by atoms with Crippen LogP contribution in [0.25, 0.3) is 66.1 Å². The fraction of sp³-hybridized carbons (Fsp3) is 0.0444. The van der Waals surface area contributed by atoms with E-state index >= 15 is 0 Å². The first kappa shape index (κ1) is 28.6. The van der Waals surface area contributed by atoms with Crippen molar-refractivity contribution in [3.63, 3.8) is 0 Å². The minimum absolute atomic E-state index is 0.283. The van der Waals surface area contributed by atoms with Crippen LogP contribution < -0.4 is 10.6 Å². The predicted octanol–water partition coefficient (Wildman–Crippen LogP) is 11.2. The van der Waals surface area contributed by atoms with Gasteiger partial charge in [0.2, 0.25) is 0 Å². The Balaban J connectivity index is 1.17. The largest absolute Gasteiger partial charge is 0.456 e. The lowest BCUT2D eigenvalue weighted by atomic mass is 9.96. The number of hydrogen-bond donors (Lipinski definition) is 2. The number of furan rings is 2. The van der Waals surface area contributed by atoms with Gasteiger partial charge in [-0.25, -0.2) is 4.99 Å². The lowest BCUT2D eigenvalue weighted by Crippen LogP contribution is -2.45. The van der Waals surface area contributed by atoms with Crippen molar-refractivity contribution in [2.75, 3.05) is 0 Å². The summed E-state index contributed by atoms with van der Waals surface area (Å²) in [6.45, 7) is 0. The topological polar surface area (TPSA) is 62.7 Å². The number of para-hydroxylation sites is 1. The van der Waals surface area contributed by atoms with Gasteiger partial charge in [0.1, 0.15) is 40.5 Å². The summed E-state index contributed by atoms with van der Waals surface area (Å²) in [6, 6.07) is 56.7. The van der Waals surface area contributed by atoms with E-state index in [1.165, 1.54) is 0 Å². The molecule has 5 nitrogen and oxygen atoms in total. The normalized spacial score (nSPS) is 16.2. The van der Waals surface area contributed by atoms with E-state index in [2.05, 4.69) is 132 Å². The molecule has 0 saturated heterocycles. The Hall–Kier alpha value is -6.43. The average molecular weight is 646 g/mol. The molecule has 0 radical (unpaired) electrons. The van der Waals surface area contributed by atoms with Crippen molar-refractivity contribution in [2.45, 2.75) is 12.3 Å². The average Bonchev–Trinajstić information content (AvgIpc) is 3.77. The van der Waals surface area contributed by atoms with Gasteiger partial charge in [0.15, 0.2) is 0 Å². The predicted molar refractivity (Wildman–Crippen MR) is 203 cm³/mol. The number of nitrogens with zero attached hydrogens (tertiary/aromatic N) is 1. The second-order valence-electron chi connectivity index (χ2n) is 12.8. The standard InChI is InChI=1S/C45H31N3O2/c1-4-13-28(14-5-1)31-23-26-38-36(27-31)40-34(20-12-22-39(40)49-38)44-46-43(30-17-8-3-9-18-30)47-45(48-44)35-25-24-32(29-15-6-2-7-16-29)42-41(35)33-19-10-11-21-37(33)50-42/h1-27,43,45,47H,(H,46,48). The third-order valence-corrected chi connectivity index (χ3v) is 9.79. The highest BCUT2D eigenvalue weighted by atomic mass is 16.3. The van der Waals surface area contributed by atoms with Crippen LogP contribution >= 0.6 is 0 Å². The molecule has 1 aliphatic rings. The highest BCUT2D eigenvalue weighted by Crippen LogP contribution is 2.41. The van der Waals surface area contributed by atoms with Gasteiger partial charge in [0, 0.05) is 38.2 Å². The second kappa shape index (κ2) is 11.6.